The second-order valence-electron chi connectivity index (χ2n) is 7.81. The Bertz CT molecular complexity index is 1290. The molecule has 0 fully saturated rings. The van der Waals surface area contributed by atoms with E-state index in [1.807, 2.05) is 30.3 Å². The van der Waals surface area contributed by atoms with Crippen molar-refractivity contribution in [3.05, 3.63) is 82.0 Å². The second-order valence-corrected chi connectivity index (χ2v) is 10.6. The number of nitrogens with one attached hydrogen (secondary N) is 1. The minimum absolute atomic E-state index is 0.0886. The standard InChI is InChI=1S/C24H24N2O7S2/c1-32-18-7-9-19(10-8-18)35(30,31)26-15-17-12-14-34-22(17)21(20(26)23(27)28)33-24(29)25-13-11-16-5-3-2-4-6-16/h2-10,12,14,20-21H,11,13,15H2,1H3,(H,25,29)(H,27,28). The summed E-state index contributed by atoms with van der Waals surface area (Å²) in [5.74, 6) is -0.950. The van der Waals surface area contributed by atoms with E-state index in [-0.39, 0.29) is 18.0 Å². The van der Waals surface area contributed by atoms with Crippen LogP contribution in [0.3, 0.4) is 0 Å². The summed E-state index contributed by atoms with van der Waals surface area (Å²) in [6.07, 6.45) is -1.56. The molecule has 2 heterocycles. The van der Waals surface area contributed by atoms with Gasteiger partial charge in [0.05, 0.1) is 16.9 Å². The van der Waals surface area contributed by atoms with Crippen LogP contribution in [-0.4, -0.2) is 49.6 Å². The molecule has 184 valence electrons. The number of sulfonamides is 1. The van der Waals surface area contributed by atoms with Crippen LogP contribution >= 0.6 is 11.3 Å². The van der Waals surface area contributed by atoms with Crippen molar-refractivity contribution in [2.45, 2.75) is 30.0 Å². The summed E-state index contributed by atoms with van der Waals surface area (Å²) in [6, 6.07) is 15.3. The number of benzene rings is 2. The van der Waals surface area contributed by atoms with Gasteiger partial charge in [-0.15, -0.1) is 11.3 Å². The number of carbonyl (C=O) groups excluding carboxylic acids is 1. The van der Waals surface area contributed by atoms with Crippen molar-refractivity contribution in [3.63, 3.8) is 0 Å². The number of fused-ring (bicyclic) bond motifs is 1. The molecule has 0 saturated heterocycles. The minimum atomic E-state index is -4.23. The van der Waals surface area contributed by atoms with Crippen LogP contribution in [0.15, 0.2) is 70.9 Å². The van der Waals surface area contributed by atoms with E-state index in [1.165, 1.54) is 42.7 Å². The van der Waals surface area contributed by atoms with Crippen LogP contribution in [0.2, 0.25) is 0 Å². The zero-order valence-electron chi connectivity index (χ0n) is 18.8. The highest BCUT2D eigenvalue weighted by molar-refractivity contribution is 7.89. The van der Waals surface area contributed by atoms with Gasteiger partial charge < -0.3 is 19.9 Å². The number of carboxylic acid groups (broad SMARTS) is 1. The van der Waals surface area contributed by atoms with E-state index in [0.29, 0.717) is 22.6 Å². The molecule has 9 nitrogen and oxygen atoms in total. The average molecular weight is 517 g/mol. The van der Waals surface area contributed by atoms with Crippen molar-refractivity contribution < 1.29 is 32.6 Å². The minimum Gasteiger partial charge on any atom is -0.497 e. The monoisotopic (exact) mass is 516 g/mol. The van der Waals surface area contributed by atoms with E-state index in [2.05, 4.69) is 5.32 Å². The number of hydrogen-bond donors (Lipinski definition) is 2. The molecule has 4 rings (SSSR count). The van der Waals surface area contributed by atoms with Crippen molar-refractivity contribution in [1.82, 2.24) is 9.62 Å². The zero-order valence-corrected chi connectivity index (χ0v) is 20.4. The van der Waals surface area contributed by atoms with Gasteiger partial charge in [0.25, 0.3) is 0 Å². The quantitative estimate of drug-likeness (QED) is 0.470. The summed E-state index contributed by atoms with van der Waals surface area (Å²) in [5.41, 5.74) is 1.61. The highest BCUT2D eigenvalue weighted by atomic mass is 32.2. The molecular formula is C24H24N2O7S2. The third-order valence-corrected chi connectivity index (χ3v) is 8.50. The van der Waals surface area contributed by atoms with Gasteiger partial charge >= 0.3 is 12.1 Å². The maximum absolute atomic E-state index is 13.5. The number of methoxy groups -OCH3 is 1. The highest BCUT2D eigenvalue weighted by Crippen LogP contribution is 2.40. The summed E-state index contributed by atoms with van der Waals surface area (Å²) >= 11 is 1.22. The molecule has 3 aromatic rings. The number of thiophene rings is 1. The molecule has 1 aromatic heterocycles. The fraction of sp³-hybridized carbons (Fsp3) is 0.250. The van der Waals surface area contributed by atoms with Crippen LogP contribution in [0, 0.1) is 0 Å². The molecular weight excluding hydrogens is 492 g/mol. The first-order valence-electron chi connectivity index (χ1n) is 10.7. The third kappa shape index (κ3) is 5.31. The van der Waals surface area contributed by atoms with Crippen LogP contribution in [0.5, 0.6) is 5.75 Å². The molecule has 2 aromatic carbocycles. The summed E-state index contributed by atoms with van der Waals surface area (Å²) in [5, 5.41) is 14.4. The predicted octanol–water partition coefficient (Wildman–Crippen LogP) is 3.42. The van der Waals surface area contributed by atoms with Crippen LogP contribution in [-0.2, 0) is 32.5 Å². The summed E-state index contributed by atoms with van der Waals surface area (Å²) in [4.78, 5) is 25.3. The Labute approximate surface area is 207 Å². The van der Waals surface area contributed by atoms with Crippen molar-refractivity contribution >= 4 is 33.4 Å². The number of carboxylic acids is 1. The van der Waals surface area contributed by atoms with Gasteiger partial charge in [0.15, 0.2) is 12.1 Å². The molecule has 0 radical (unpaired) electrons. The van der Waals surface area contributed by atoms with E-state index in [1.54, 1.807) is 11.4 Å². The van der Waals surface area contributed by atoms with Gasteiger partial charge in [-0.05, 0) is 53.3 Å². The molecule has 0 aliphatic carbocycles. The molecule has 35 heavy (non-hydrogen) atoms. The van der Waals surface area contributed by atoms with Crippen molar-refractivity contribution in [3.8, 4) is 5.75 Å². The van der Waals surface area contributed by atoms with Crippen LogP contribution in [0.25, 0.3) is 0 Å². The Morgan fingerprint density at radius 3 is 2.49 bits per heavy atom. The van der Waals surface area contributed by atoms with Crippen LogP contribution in [0.4, 0.5) is 4.79 Å². The fourth-order valence-electron chi connectivity index (χ4n) is 3.89. The summed E-state index contributed by atoms with van der Waals surface area (Å²) in [7, 11) is -2.78. The molecule has 11 heteroatoms. The lowest BCUT2D eigenvalue weighted by Gasteiger charge is -2.37. The van der Waals surface area contributed by atoms with E-state index in [4.69, 9.17) is 9.47 Å². The van der Waals surface area contributed by atoms with Crippen molar-refractivity contribution in [2.75, 3.05) is 13.7 Å². The Hall–Kier alpha value is -3.41. The number of rotatable bonds is 8. The third-order valence-electron chi connectivity index (χ3n) is 5.64. The first-order valence-corrected chi connectivity index (χ1v) is 13.1. The number of carbonyl (C=O) groups is 2. The van der Waals surface area contributed by atoms with E-state index in [0.717, 1.165) is 9.87 Å². The van der Waals surface area contributed by atoms with Gasteiger partial charge in [0.2, 0.25) is 10.0 Å². The Morgan fingerprint density at radius 2 is 1.83 bits per heavy atom. The first-order chi connectivity index (χ1) is 16.8. The van der Waals surface area contributed by atoms with Crippen LogP contribution < -0.4 is 10.1 Å². The maximum atomic E-state index is 13.5. The molecule has 2 unspecified atom stereocenters. The normalized spacial score (nSPS) is 17.9. The first kappa shape index (κ1) is 24.7. The molecule has 1 aliphatic heterocycles. The molecule has 2 atom stereocenters. The Balaban J connectivity index is 1.57. The van der Waals surface area contributed by atoms with Gasteiger partial charge in [0.1, 0.15) is 5.75 Å². The highest BCUT2D eigenvalue weighted by Gasteiger charge is 2.48. The molecule has 1 amide bonds. The molecule has 0 saturated carbocycles. The van der Waals surface area contributed by atoms with Crippen LogP contribution in [0.1, 0.15) is 22.1 Å². The molecule has 0 spiro atoms. The molecule has 0 bridgehead atoms. The lowest BCUT2D eigenvalue weighted by Crippen LogP contribution is -2.52. The SMILES string of the molecule is COc1ccc(S(=O)(=O)N2Cc3ccsc3C(OC(=O)NCCc3ccccc3)C2C(=O)O)cc1. The van der Waals surface area contributed by atoms with Crippen molar-refractivity contribution in [1.29, 1.82) is 0 Å². The number of amides is 1. The van der Waals surface area contributed by atoms with Gasteiger partial charge in [-0.25, -0.2) is 13.2 Å². The Kier molecular flexibility index (Phi) is 7.39. The zero-order chi connectivity index (χ0) is 25.0. The maximum Gasteiger partial charge on any atom is 0.407 e. The van der Waals surface area contributed by atoms with Gasteiger partial charge in [0, 0.05) is 13.1 Å². The largest absolute Gasteiger partial charge is 0.497 e. The summed E-state index contributed by atoms with van der Waals surface area (Å²) < 4.78 is 38.4. The van der Waals surface area contributed by atoms with Gasteiger partial charge in [-0.1, -0.05) is 30.3 Å². The predicted molar refractivity (Wildman–Crippen MR) is 129 cm³/mol. The fourth-order valence-corrected chi connectivity index (χ4v) is 6.42. The molecule has 2 N–H and O–H groups in total. The number of nitrogens with zero attached hydrogens (tertiary/aromatic N) is 1. The average Bonchev–Trinajstić information content (AvgIpc) is 3.33. The van der Waals surface area contributed by atoms with Gasteiger partial charge in [-0.2, -0.15) is 4.31 Å². The summed E-state index contributed by atoms with van der Waals surface area (Å²) in [6.45, 7) is 0.123. The number of aliphatic carboxylic acids is 1. The topological polar surface area (TPSA) is 122 Å². The van der Waals surface area contributed by atoms with E-state index in [9.17, 15) is 23.1 Å². The van der Waals surface area contributed by atoms with Crippen molar-refractivity contribution in [2.24, 2.45) is 0 Å². The van der Waals surface area contributed by atoms with E-state index < -0.39 is 34.2 Å². The Morgan fingerprint density at radius 1 is 1.11 bits per heavy atom. The van der Waals surface area contributed by atoms with E-state index >= 15 is 0 Å². The lowest BCUT2D eigenvalue weighted by molar-refractivity contribution is -0.146. The second kappa shape index (κ2) is 10.5. The number of ether oxygens (including phenoxy) is 2. The smallest absolute Gasteiger partial charge is 0.407 e. The lowest BCUT2D eigenvalue weighted by atomic mass is 10.0. The number of hydrogen-bond acceptors (Lipinski definition) is 7. The van der Waals surface area contributed by atoms with Gasteiger partial charge in [-0.3, -0.25) is 4.79 Å². The molecule has 1 aliphatic rings. The number of alkyl carbamates (subject to hydrolysis) is 1.